The van der Waals surface area contributed by atoms with E-state index in [9.17, 15) is 57.8 Å². The number of benzene rings is 7. The molecule has 798 valence electrons. The van der Waals surface area contributed by atoms with Gasteiger partial charge in [-0.1, -0.05) is 119 Å². The fourth-order valence-corrected chi connectivity index (χ4v) is 16.0. The van der Waals surface area contributed by atoms with E-state index < -0.39 is 153 Å². The number of hydrogen-bond acceptors (Lipinski definition) is 41. The van der Waals surface area contributed by atoms with Crippen LogP contribution in [0.2, 0.25) is 2.82 Å². The summed E-state index contributed by atoms with van der Waals surface area (Å²) in [6, 6.07) is 42.1. The molecule has 10 aromatic rings. The SMILES string of the molecule is C/C=C(\NCC(=O)c1ccccc1)C(=O)OC.CN.CO[C@@H]1C2OC(=O)O[C@@H]2[C@H](Oc2ccc3cc(C)c(=O)oc3c2C)OC1(C)C.CO[C@@H]1C2OC(=O)O[C@@H]2[C@H](Oc2ccc3cc(NC(=O)c4ccc(OC(C)=O)c(CC=C(C)C)c4)c(=O)oc3c2C)OC1(C)C.CO[C@@H]1[C@H]2OC(=O)O[C@H]2C(OC(=N)C(Cl)(Cl)Cl)OC1(C)C.Cc1c(O)ccc2cc(NCC(=O)c3ccccc3)c(=O)oc12.Cc1c(O)cccc1O.[2H]N.[2H]NN. The number of esters is 2. The molecule has 0 saturated carbocycles. The summed E-state index contributed by atoms with van der Waals surface area (Å²) >= 11 is 16.7. The second-order valence-electron chi connectivity index (χ2n) is 34.9. The fourth-order valence-electron chi connectivity index (χ4n) is 15.9. The number of phenols is 3. The predicted molar refractivity (Wildman–Crippen MR) is 544 cm³/mol. The van der Waals surface area contributed by atoms with Gasteiger partial charge < -0.3 is 137 Å². The first-order valence-electron chi connectivity index (χ1n) is 46.3. The number of carbonyl (C=O) groups is 8. The van der Waals surface area contributed by atoms with Crippen molar-refractivity contribution in [2.24, 2.45) is 17.4 Å². The molecular formula is C103H121Cl3N8O34. The van der Waals surface area contributed by atoms with E-state index in [0.29, 0.717) is 90.1 Å². The molecule has 7 aromatic carbocycles. The van der Waals surface area contributed by atoms with E-state index >= 15 is 0 Å². The van der Waals surface area contributed by atoms with E-state index in [1.807, 2.05) is 45.9 Å². The average Bonchev–Trinajstić information content (AvgIpc) is 1.54. The number of phenolic OH excluding ortho intramolecular Hbond substituents is 3. The Labute approximate surface area is 867 Å². The number of amides is 1. The van der Waals surface area contributed by atoms with Crippen LogP contribution in [0.1, 0.15) is 134 Å². The Kier molecular flexibility index (Phi) is 40.9. The van der Waals surface area contributed by atoms with Crippen LogP contribution in [0.5, 0.6) is 34.5 Å². The zero-order valence-electron chi connectivity index (χ0n) is 86.5. The lowest BCUT2D eigenvalue weighted by Crippen LogP contribution is -2.62. The summed E-state index contributed by atoms with van der Waals surface area (Å²) in [6.45, 7) is 26.2. The van der Waals surface area contributed by atoms with Crippen LogP contribution in [0.4, 0.5) is 25.8 Å². The van der Waals surface area contributed by atoms with Crippen molar-refractivity contribution in [3.8, 4) is 34.5 Å². The van der Waals surface area contributed by atoms with Gasteiger partial charge in [-0.2, -0.15) is 0 Å². The Hall–Kier alpha value is -14.3. The standard InChI is InChI=1S/C33H35NO11.C20H22O8.C18H15NO4.C13H15NO3.C11H14Cl3NO6.C7H8O2.CH5N.H4N2.H3N/c1-16(2)8-9-19-14-21(11-13-24(19)40-18(4)35)29(36)34-22-15-20-10-12-23(17(3)25(20)42-30(22)37)41-31-27-26(43-32(38)44-27)28(39-7)33(5,6)45-31;1-9-8-11-6-7-12(10(2)13(11)25-17(9)21)24-18-15-14(26-19(22)27-15)16(23-5)20(3,4)28-18;1-11-15(20)8-7-13-9-14(18(22)23-17(11)13)19-10-16(21)12-5-3-2-4-6-12;1-3-11(13(16)17-2)14-9-12(15)10-7-5-4-6-8-10;1-10(2)6(17-3)4-5(19-9(16)18-4)7(21-10)20-8(15)11(12,13)14;1-5-6(8)3-2-4-7(5)9;2*1-2;/h8,10-15,26-28,31H,9H2,1-7H3,(H,34,36);6-8,14-16,18H,1-5H3;2-9,19-20H,10H2,1H3;3-8,14H,9H2,1-2H3;4-7,15H,1-3H3;2-4,8-9H,1H3;2H2,1H3;1-2H2;1H3/b;;;11-3-;;;;;/t26?,27-,28+,31+;14?,15-,16+,18+;;;4-,5+,6+,7?;;;;/m00..0..../s1/i/hD2. The molecule has 12 atom stereocenters. The van der Waals surface area contributed by atoms with E-state index in [-0.39, 0.29) is 70.1 Å². The number of allylic oxidation sites excluding steroid dienone is 3. The maximum absolute atomic E-state index is 13.2. The number of alkyl halides is 3. The average molecular weight is 2120 g/mol. The summed E-state index contributed by atoms with van der Waals surface area (Å²) in [5.74, 6) is 4.91. The van der Waals surface area contributed by atoms with Crippen molar-refractivity contribution < 1.29 is 150 Å². The van der Waals surface area contributed by atoms with Crippen LogP contribution in [-0.4, -0.2) is 212 Å². The van der Waals surface area contributed by atoms with E-state index in [0.717, 1.165) is 11.0 Å². The van der Waals surface area contributed by atoms with E-state index in [2.05, 4.69) is 38.4 Å². The van der Waals surface area contributed by atoms with E-state index in [4.69, 9.17) is 142 Å². The van der Waals surface area contributed by atoms with Gasteiger partial charge in [0, 0.05) is 88.9 Å². The van der Waals surface area contributed by atoms with Crippen molar-refractivity contribution in [3.05, 3.63) is 256 Å². The van der Waals surface area contributed by atoms with Crippen molar-refractivity contribution in [3.63, 3.8) is 0 Å². The van der Waals surface area contributed by atoms with Gasteiger partial charge in [-0.3, -0.25) is 36.3 Å². The van der Waals surface area contributed by atoms with Crippen LogP contribution in [-0.2, 0) is 82.3 Å². The smallest absolute Gasteiger partial charge is 0.508 e. The highest BCUT2D eigenvalue weighted by molar-refractivity contribution is 6.76. The second kappa shape index (κ2) is 52.4. The highest BCUT2D eigenvalue weighted by Gasteiger charge is 2.62. The molecule has 9 heterocycles. The van der Waals surface area contributed by atoms with Gasteiger partial charge in [0.2, 0.25) is 43.1 Å². The van der Waals surface area contributed by atoms with Crippen LogP contribution < -0.4 is 70.6 Å². The van der Waals surface area contributed by atoms with Crippen molar-refractivity contribution >= 4 is 133 Å². The first kappa shape index (κ1) is 116. The number of anilines is 2. The number of methoxy groups -OCH3 is 4. The van der Waals surface area contributed by atoms with Crippen LogP contribution in [0, 0.1) is 40.0 Å². The quantitative estimate of drug-likeness (QED) is 0.00244. The molecule has 6 fully saturated rings. The highest BCUT2D eigenvalue weighted by Crippen LogP contribution is 2.45. The molecule has 1 amide bonds. The summed E-state index contributed by atoms with van der Waals surface area (Å²) in [5, 5.41) is 45.3. The number of aryl methyl sites for hydroxylation is 4. The molecule has 0 spiro atoms. The molecule has 0 radical (unpaired) electrons. The molecule has 0 bridgehead atoms. The summed E-state index contributed by atoms with van der Waals surface area (Å²) in [6.07, 6.45) is -4.31. The summed E-state index contributed by atoms with van der Waals surface area (Å²) in [4.78, 5) is 132. The van der Waals surface area contributed by atoms with Gasteiger partial charge in [0.05, 0.1) is 37.0 Å². The number of hydrogen-bond donors (Lipinski definition) is 11. The number of aromatic hydroxyl groups is 3. The van der Waals surface area contributed by atoms with E-state index in [1.54, 1.807) is 185 Å². The number of hydrazine groups is 1. The van der Waals surface area contributed by atoms with Crippen LogP contribution in [0.15, 0.2) is 203 Å². The number of rotatable bonds is 22. The number of ketones is 2. The van der Waals surface area contributed by atoms with Gasteiger partial charge in [0.25, 0.3) is 9.70 Å². The van der Waals surface area contributed by atoms with Crippen molar-refractivity contribution in [1.82, 2.24) is 11.5 Å². The Morgan fingerprint density at radius 2 is 0.905 bits per heavy atom. The number of carbonyl (C=O) groups excluding carboxylic acids is 8. The molecule has 16 rings (SSSR count). The van der Waals surface area contributed by atoms with Crippen LogP contribution in [0.3, 0.4) is 0 Å². The molecule has 16 N–H and O–H groups in total. The minimum atomic E-state index is -2.05. The summed E-state index contributed by atoms with van der Waals surface area (Å²) in [7, 11) is 7.28. The zero-order valence-corrected chi connectivity index (χ0v) is 86.8. The van der Waals surface area contributed by atoms with Gasteiger partial charge in [0.1, 0.15) is 89.5 Å². The third kappa shape index (κ3) is 29.6. The number of ether oxygens (including phenoxy) is 17. The Morgan fingerprint density at radius 1 is 0.507 bits per heavy atom. The molecule has 42 nitrogen and oxygen atoms in total. The van der Waals surface area contributed by atoms with Gasteiger partial charge in [-0.05, 0) is 201 Å². The third-order valence-corrected chi connectivity index (χ3v) is 23.7. The number of halogens is 3. The molecule has 6 aliphatic heterocycles. The van der Waals surface area contributed by atoms with E-state index in [1.165, 1.54) is 78.6 Å². The topological polar surface area (TPSA) is 618 Å². The Balaban J connectivity index is 0.000000228. The number of fused-ring (bicyclic) bond motifs is 6. The first-order valence-corrected chi connectivity index (χ1v) is 46.4. The summed E-state index contributed by atoms with van der Waals surface area (Å²) in [5.41, 5.74) is 7.53. The van der Waals surface area contributed by atoms with Crippen LogP contribution >= 0.6 is 34.8 Å². The lowest BCUT2D eigenvalue weighted by Gasteiger charge is -2.45. The largest absolute Gasteiger partial charge is 0.509 e. The number of Topliss-reactive ketones (excluding diaryl/α,β-unsaturated/α-hetero) is 2. The third-order valence-electron chi connectivity index (χ3n) is 23.2. The van der Waals surface area contributed by atoms with Crippen molar-refractivity contribution in [2.75, 3.05) is 59.2 Å². The lowest BCUT2D eigenvalue weighted by molar-refractivity contribution is -0.287. The fraction of sp³-hybridized carbons (Fsp3) is 0.379. The Morgan fingerprint density at radius 3 is 1.34 bits per heavy atom. The van der Waals surface area contributed by atoms with Gasteiger partial charge in [0.15, 0.2) is 29.9 Å². The van der Waals surface area contributed by atoms with Crippen LogP contribution in [0.25, 0.3) is 32.9 Å². The second-order valence-corrected chi connectivity index (χ2v) is 37.2. The molecule has 3 aromatic heterocycles. The van der Waals surface area contributed by atoms with Gasteiger partial charge in [-0.25, -0.2) is 33.6 Å². The normalized spacial score (nSPS) is 20.6. The molecular weight excluding hydrogens is 2000 g/mol. The van der Waals surface area contributed by atoms with Gasteiger partial charge in [-0.15, -0.1) is 0 Å². The minimum Gasteiger partial charge on any atom is -0.508 e. The molecule has 3 unspecified atom stereocenters. The summed E-state index contributed by atoms with van der Waals surface area (Å²) < 4.78 is 118. The lowest BCUT2D eigenvalue weighted by atomic mass is 9.89. The highest BCUT2D eigenvalue weighted by atomic mass is 35.6. The minimum absolute atomic E-state index is 0.00263. The maximum Gasteiger partial charge on any atom is 0.509 e. The maximum atomic E-state index is 13.2. The molecule has 0 aliphatic carbocycles. The van der Waals surface area contributed by atoms with Crippen molar-refractivity contribution in [1.29, 1.82) is 5.41 Å². The monoisotopic (exact) mass is 2120 g/mol. The molecule has 6 saturated heterocycles. The molecule has 45 heteroatoms. The zero-order chi connectivity index (χ0) is 111. The van der Waals surface area contributed by atoms with Crippen molar-refractivity contribution in [2.45, 2.75) is 205 Å². The molecule has 6 aliphatic rings. The first-order chi connectivity index (χ1) is 70.9. The predicted octanol–water partition coefficient (Wildman–Crippen LogP) is 15.1. The van der Waals surface area contributed by atoms with Gasteiger partial charge >= 0.3 is 47.3 Å². The number of nitrogens with one attached hydrogen (secondary N) is 4. The Bertz CT molecular complexity index is 6700. The number of nitrogens with two attached hydrogens (primary N) is 3. The molecule has 148 heavy (non-hydrogen) atoms.